The fraction of sp³-hybridized carbons (Fsp3) is 0.545. The van der Waals surface area contributed by atoms with Gasteiger partial charge in [0.2, 0.25) is 5.43 Å². The minimum Gasteiger partial charge on any atom is -0.492 e. The summed E-state index contributed by atoms with van der Waals surface area (Å²) in [6, 6.07) is 0.418. The average Bonchev–Trinajstić information content (AvgIpc) is 3.32. The summed E-state index contributed by atoms with van der Waals surface area (Å²) in [6.45, 7) is 3.03. The van der Waals surface area contributed by atoms with E-state index in [1.54, 1.807) is 0 Å². The Morgan fingerprint density at radius 2 is 2.16 bits per heavy atom. The molecule has 1 aliphatic heterocycles. The molecule has 31 heavy (non-hydrogen) atoms. The first kappa shape index (κ1) is 21.5. The number of ether oxygens (including phenoxy) is 1. The number of alkyl halides is 1. The van der Waals surface area contributed by atoms with Gasteiger partial charge in [0.25, 0.3) is 0 Å². The van der Waals surface area contributed by atoms with Crippen molar-refractivity contribution in [3.8, 4) is 5.75 Å². The van der Waals surface area contributed by atoms with Crippen LogP contribution in [0.4, 0.5) is 14.5 Å². The van der Waals surface area contributed by atoms with E-state index in [0.29, 0.717) is 19.5 Å². The van der Waals surface area contributed by atoms with Crippen molar-refractivity contribution in [2.45, 2.75) is 56.8 Å². The summed E-state index contributed by atoms with van der Waals surface area (Å²) in [5.41, 5.74) is 5.12. The number of nitrogens with zero attached hydrogens (tertiary/aromatic N) is 2. The van der Waals surface area contributed by atoms with Crippen LogP contribution in [0.3, 0.4) is 0 Å². The van der Waals surface area contributed by atoms with Gasteiger partial charge >= 0.3 is 5.97 Å². The van der Waals surface area contributed by atoms with Crippen molar-refractivity contribution in [3.63, 3.8) is 0 Å². The normalized spacial score (nSPS) is 25.3. The Morgan fingerprint density at radius 1 is 1.45 bits per heavy atom. The largest absolute Gasteiger partial charge is 0.492 e. The molecule has 2 fully saturated rings. The van der Waals surface area contributed by atoms with Gasteiger partial charge in [0.1, 0.15) is 17.4 Å². The first-order valence-corrected chi connectivity index (χ1v) is 10.6. The van der Waals surface area contributed by atoms with Crippen LogP contribution in [-0.4, -0.2) is 47.6 Å². The van der Waals surface area contributed by atoms with Gasteiger partial charge in [-0.05, 0) is 18.9 Å². The predicted octanol–water partition coefficient (Wildman–Crippen LogP) is 3.23. The Hall–Kier alpha value is -2.68. The Balaban J connectivity index is 1.91. The van der Waals surface area contributed by atoms with Gasteiger partial charge in [-0.15, -0.1) is 0 Å². The number of unbranched alkanes of at least 4 members (excludes halogenated alkanes) is 1. The third-order valence-electron chi connectivity index (χ3n) is 6.40. The molecule has 2 aliphatic rings. The highest BCUT2D eigenvalue weighted by atomic mass is 19.1. The number of hydrogen-bond donors (Lipinski definition) is 2. The Morgan fingerprint density at radius 3 is 2.74 bits per heavy atom. The van der Waals surface area contributed by atoms with Crippen molar-refractivity contribution in [2.24, 2.45) is 5.73 Å². The zero-order valence-corrected chi connectivity index (χ0v) is 17.7. The molecule has 1 saturated heterocycles. The maximum Gasteiger partial charge on any atom is 0.341 e. The van der Waals surface area contributed by atoms with Crippen LogP contribution in [0.25, 0.3) is 10.9 Å². The lowest BCUT2D eigenvalue weighted by molar-refractivity contribution is 0.0694. The zero-order valence-electron chi connectivity index (χ0n) is 17.7. The average molecular weight is 435 g/mol. The summed E-state index contributed by atoms with van der Waals surface area (Å²) >= 11 is 0. The summed E-state index contributed by atoms with van der Waals surface area (Å²) in [7, 11) is 1.36. The van der Waals surface area contributed by atoms with E-state index in [-0.39, 0.29) is 28.8 Å². The SMILES string of the molecule is CCCCC1(N)CCN(c2c(F)cc3c(=O)c(C(=O)O)cn(C4C[C@@H]4F)c3c2OC)C1. The Labute approximate surface area is 178 Å². The molecule has 1 saturated carbocycles. The van der Waals surface area contributed by atoms with Crippen LogP contribution in [0.15, 0.2) is 17.1 Å². The van der Waals surface area contributed by atoms with Crippen molar-refractivity contribution in [1.29, 1.82) is 0 Å². The van der Waals surface area contributed by atoms with Crippen LogP contribution >= 0.6 is 0 Å². The number of methoxy groups -OCH3 is 1. The zero-order chi connectivity index (χ0) is 22.5. The summed E-state index contributed by atoms with van der Waals surface area (Å²) in [4.78, 5) is 26.1. The van der Waals surface area contributed by atoms with E-state index >= 15 is 4.39 Å². The Kier molecular flexibility index (Phi) is 5.41. The van der Waals surface area contributed by atoms with Crippen molar-refractivity contribution in [3.05, 3.63) is 33.9 Å². The van der Waals surface area contributed by atoms with E-state index in [2.05, 4.69) is 6.92 Å². The lowest BCUT2D eigenvalue weighted by Gasteiger charge is -2.27. The highest BCUT2D eigenvalue weighted by molar-refractivity contribution is 5.97. The molecule has 168 valence electrons. The number of carboxylic acids is 1. The Bertz CT molecular complexity index is 1100. The van der Waals surface area contributed by atoms with Crippen LogP contribution in [0, 0.1) is 5.82 Å². The molecule has 4 rings (SSSR count). The van der Waals surface area contributed by atoms with Crippen LogP contribution in [0.1, 0.15) is 55.4 Å². The second kappa shape index (κ2) is 7.78. The maximum atomic E-state index is 15.3. The number of halogens is 2. The van der Waals surface area contributed by atoms with Crippen molar-refractivity contribution >= 4 is 22.6 Å². The van der Waals surface area contributed by atoms with Crippen molar-refractivity contribution in [1.82, 2.24) is 4.57 Å². The van der Waals surface area contributed by atoms with Crippen LogP contribution in [-0.2, 0) is 0 Å². The number of fused-ring (bicyclic) bond motifs is 1. The fourth-order valence-electron chi connectivity index (χ4n) is 4.60. The van der Waals surface area contributed by atoms with Gasteiger partial charge in [0.15, 0.2) is 11.6 Å². The highest BCUT2D eigenvalue weighted by Crippen LogP contribution is 2.46. The molecule has 3 N–H and O–H groups in total. The molecule has 0 spiro atoms. The summed E-state index contributed by atoms with van der Waals surface area (Å²) in [6.07, 6.45) is 3.65. The van der Waals surface area contributed by atoms with Gasteiger partial charge in [-0.25, -0.2) is 13.6 Å². The predicted molar refractivity (Wildman–Crippen MR) is 114 cm³/mol. The van der Waals surface area contributed by atoms with Gasteiger partial charge in [0, 0.05) is 31.2 Å². The molecule has 1 aromatic carbocycles. The van der Waals surface area contributed by atoms with Gasteiger partial charge in [-0.2, -0.15) is 0 Å². The highest BCUT2D eigenvalue weighted by Gasteiger charge is 2.42. The lowest BCUT2D eigenvalue weighted by Crippen LogP contribution is -2.42. The molecule has 2 aromatic rings. The third-order valence-corrected chi connectivity index (χ3v) is 6.40. The number of carboxylic acid groups (broad SMARTS) is 1. The van der Waals surface area contributed by atoms with Gasteiger partial charge in [-0.1, -0.05) is 19.8 Å². The molecule has 3 atom stereocenters. The van der Waals surface area contributed by atoms with Crippen LogP contribution < -0.4 is 20.8 Å². The fourth-order valence-corrected chi connectivity index (χ4v) is 4.60. The maximum absolute atomic E-state index is 15.3. The molecule has 9 heteroatoms. The summed E-state index contributed by atoms with van der Waals surface area (Å²) in [5.74, 6) is -2.03. The molecule has 1 aliphatic carbocycles. The van der Waals surface area contributed by atoms with E-state index in [9.17, 15) is 19.1 Å². The lowest BCUT2D eigenvalue weighted by atomic mass is 9.93. The number of pyridine rings is 1. The van der Waals surface area contributed by atoms with Crippen LogP contribution in [0.5, 0.6) is 5.75 Å². The van der Waals surface area contributed by atoms with Crippen LogP contribution in [0.2, 0.25) is 0 Å². The third kappa shape index (κ3) is 3.64. The van der Waals surface area contributed by atoms with E-state index in [4.69, 9.17) is 10.5 Å². The molecule has 7 nitrogen and oxygen atoms in total. The topological polar surface area (TPSA) is 97.8 Å². The van der Waals surface area contributed by atoms with Crippen molar-refractivity contribution in [2.75, 3.05) is 25.1 Å². The van der Waals surface area contributed by atoms with E-state index < -0.39 is 40.5 Å². The first-order valence-electron chi connectivity index (χ1n) is 10.6. The molecule has 0 radical (unpaired) electrons. The van der Waals surface area contributed by atoms with Gasteiger partial charge in [-0.3, -0.25) is 4.79 Å². The number of anilines is 1. The smallest absolute Gasteiger partial charge is 0.341 e. The molecule has 1 aromatic heterocycles. The summed E-state index contributed by atoms with van der Waals surface area (Å²) < 4.78 is 36.3. The quantitative estimate of drug-likeness (QED) is 0.693. The number of hydrogen-bond acceptors (Lipinski definition) is 5. The molecule has 2 unspecified atom stereocenters. The van der Waals surface area contributed by atoms with E-state index in [1.807, 2.05) is 4.90 Å². The van der Waals surface area contributed by atoms with E-state index in [1.165, 1.54) is 11.7 Å². The second-order valence-electron chi connectivity index (χ2n) is 8.68. The number of aromatic nitrogens is 1. The minimum atomic E-state index is -1.44. The number of nitrogens with two attached hydrogens (primary N) is 1. The molecule has 0 bridgehead atoms. The standard InChI is InChI=1S/C22H27F2N3O4/c1-3-4-5-22(25)6-7-26(11-22)18-15(24)8-12-17(20(18)31-2)27(16-9-14(16)23)10-13(19(12)28)21(29)30/h8,10,14,16H,3-7,9,11,25H2,1-2H3,(H,29,30)/t14-,16?,22?/m0/s1. The minimum absolute atomic E-state index is 0.0999. The monoisotopic (exact) mass is 435 g/mol. The number of benzene rings is 1. The van der Waals surface area contributed by atoms with Crippen molar-refractivity contribution < 1.29 is 23.4 Å². The summed E-state index contributed by atoms with van der Waals surface area (Å²) in [5, 5.41) is 9.28. The molecular weight excluding hydrogens is 408 g/mol. The molecular formula is C22H27F2N3O4. The second-order valence-corrected chi connectivity index (χ2v) is 8.68. The molecule has 0 amide bonds. The van der Waals surface area contributed by atoms with Gasteiger partial charge in [0.05, 0.1) is 24.1 Å². The number of aromatic carboxylic acids is 1. The number of carbonyl (C=O) groups is 1. The number of rotatable bonds is 7. The van der Waals surface area contributed by atoms with E-state index in [0.717, 1.165) is 31.5 Å². The van der Waals surface area contributed by atoms with Gasteiger partial charge < -0.3 is 25.0 Å². The molecule has 2 heterocycles. The first-order chi connectivity index (χ1) is 14.7.